The average molecular weight is 487 g/mol. The third-order valence-electron chi connectivity index (χ3n) is 5.48. The molecular weight excluding hydrogens is 464 g/mol. The van der Waals surface area contributed by atoms with E-state index in [0.29, 0.717) is 23.7 Å². The summed E-state index contributed by atoms with van der Waals surface area (Å²) in [6.07, 6.45) is 0. The Morgan fingerprint density at radius 1 is 0.848 bits per heavy atom. The molecule has 2 N–H and O–H groups in total. The maximum atomic E-state index is 13.1. The van der Waals surface area contributed by atoms with Crippen molar-refractivity contribution in [1.29, 1.82) is 0 Å². The summed E-state index contributed by atoms with van der Waals surface area (Å²) in [4.78, 5) is 26.4. The normalized spacial score (nSPS) is 15.3. The van der Waals surface area contributed by atoms with E-state index >= 15 is 0 Å². The van der Waals surface area contributed by atoms with Gasteiger partial charge in [-0.25, -0.2) is 8.42 Å². The van der Waals surface area contributed by atoms with E-state index in [1.54, 1.807) is 42.5 Å². The van der Waals surface area contributed by atoms with E-state index in [4.69, 9.17) is 11.6 Å². The van der Waals surface area contributed by atoms with Crippen LogP contribution in [0, 0.1) is 0 Å². The molecule has 0 spiro atoms. The Balaban J connectivity index is 1.28. The number of carbonyl (C=O) groups excluding carboxylic acids is 2. The number of fused-ring (bicyclic) bond motifs is 1. The fourth-order valence-electron chi connectivity index (χ4n) is 3.65. The van der Waals surface area contributed by atoms with Gasteiger partial charge in [-0.1, -0.05) is 41.9 Å². The summed E-state index contributed by atoms with van der Waals surface area (Å²) >= 11 is 5.80. The van der Waals surface area contributed by atoms with Gasteiger partial charge in [-0.3, -0.25) is 25.3 Å². The first-order chi connectivity index (χ1) is 15.8. The van der Waals surface area contributed by atoms with Crippen molar-refractivity contribution in [2.45, 2.75) is 4.90 Å². The van der Waals surface area contributed by atoms with Crippen LogP contribution in [-0.2, 0) is 14.8 Å². The third kappa shape index (κ3) is 5.51. The average Bonchev–Trinajstić information content (AvgIpc) is 2.83. The number of hydrogen-bond acceptors (Lipinski definition) is 5. The number of benzene rings is 3. The molecule has 0 radical (unpaired) electrons. The molecule has 4 rings (SSSR count). The Morgan fingerprint density at radius 3 is 2.21 bits per heavy atom. The second kappa shape index (κ2) is 9.88. The Morgan fingerprint density at radius 2 is 1.52 bits per heavy atom. The van der Waals surface area contributed by atoms with Crippen molar-refractivity contribution in [3.05, 3.63) is 77.3 Å². The van der Waals surface area contributed by atoms with Crippen LogP contribution >= 0.6 is 11.6 Å². The molecule has 0 aliphatic carbocycles. The predicted octanol–water partition coefficient (Wildman–Crippen LogP) is 2.26. The van der Waals surface area contributed by atoms with E-state index in [9.17, 15) is 18.0 Å². The van der Waals surface area contributed by atoms with E-state index in [-0.39, 0.29) is 30.4 Å². The van der Waals surface area contributed by atoms with Crippen LogP contribution in [0.1, 0.15) is 10.4 Å². The van der Waals surface area contributed by atoms with Gasteiger partial charge in [0.15, 0.2) is 0 Å². The van der Waals surface area contributed by atoms with Gasteiger partial charge in [0.05, 0.1) is 11.4 Å². The highest BCUT2D eigenvalue weighted by Gasteiger charge is 2.29. The van der Waals surface area contributed by atoms with Gasteiger partial charge in [-0.2, -0.15) is 4.31 Å². The molecule has 1 aliphatic heterocycles. The lowest BCUT2D eigenvalue weighted by Crippen LogP contribution is -2.52. The first-order valence-corrected chi connectivity index (χ1v) is 12.2. The molecule has 1 fully saturated rings. The Hall–Kier alpha value is -2.98. The smallest absolute Gasteiger partial charge is 0.269 e. The zero-order valence-electron chi connectivity index (χ0n) is 17.7. The van der Waals surface area contributed by atoms with Crippen LogP contribution in [0.4, 0.5) is 0 Å². The topological polar surface area (TPSA) is 98.8 Å². The molecule has 0 aromatic heterocycles. The number of amides is 2. The number of rotatable bonds is 5. The van der Waals surface area contributed by atoms with Gasteiger partial charge in [0.1, 0.15) is 0 Å². The quantitative estimate of drug-likeness (QED) is 0.539. The lowest BCUT2D eigenvalue weighted by molar-refractivity contribution is -0.123. The Bertz CT molecular complexity index is 1270. The molecule has 1 aliphatic rings. The largest absolute Gasteiger partial charge is 0.292 e. The van der Waals surface area contributed by atoms with Crippen molar-refractivity contribution < 1.29 is 18.0 Å². The summed E-state index contributed by atoms with van der Waals surface area (Å²) in [7, 11) is -3.62. The van der Waals surface area contributed by atoms with Crippen molar-refractivity contribution in [3.8, 4) is 0 Å². The van der Waals surface area contributed by atoms with Crippen molar-refractivity contribution >= 4 is 44.2 Å². The molecule has 0 unspecified atom stereocenters. The minimum absolute atomic E-state index is 0.0464. The second-order valence-corrected chi connectivity index (χ2v) is 10.1. The van der Waals surface area contributed by atoms with Crippen LogP contribution in [0.15, 0.2) is 71.6 Å². The molecule has 0 atom stereocenters. The van der Waals surface area contributed by atoms with E-state index in [2.05, 4.69) is 10.9 Å². The van der Waals surface area contributed by atoms with Crippen LogP contribution in [-0.4, -0.2) is 62.2 Å². The van der Waals surface area contributed by atoms with Gasteiger partial charge in [0.2, 0.25) is 10.0 Å². The molecule has 2 amide bonds. The molecule has 3 aromatic carbocycles. The monoisotopic (exact) mass is 486 g/mol. The molecule has 172 valence electrons. The van der Waals surface area contributed by atoms with Gasteiger partial charge in [-0.05, 0) is 47.2 Å². The molecule has 1 saturated heterocycles. The molecule has 10 heteroatoms. The van der Waals surface area contributed by atoms with E-state index in [1.165, 1.54) is 4.31 Å². The summed E-state index contributed by atoms with van der Waals surface area (Å²) < 4.78 is 27.6. The van der Waals surface area contributed by atoms with E-state index in [1.807, 2.05) is 29.2 Å². The standard InChI is InChI=1S/C23H23ClN4O4S/c24-20-8-5-18(6-9-20)23(30)26-25-22(29)16-27-11-13-28(14-12-27)33(31,32)21-10-7-17-3-1-2-4-19(17)15-21/h1-10,15H,11-14,16H2,(H,25,29)(H,26,30). The molecule has 33 heavy (non-hydrogen) atoms. The number of nitrogens with one attached hydrogen (secondary N) is 2. The second-order valence-electron chi connectivity index (χ2n) is 7.70. The fourth-order valence-corrected chi connectivity index (χ4v) is 5.23. The number of piperazine rings is 1. The lowest BCUT2D eigenvalue weighted by Gasteiger charge is -2.33. The number of hydrogen-bond donors (Lipinski definition) is 2. The van der Waals surface area contributed by atoms with Crippen LogP contribution in [0.3, 0.4) is 0 Å². The minimum Gasteiger partial charge on any atom is -0.292 e. The minimum atomic E-state index is -3.62. The van der Waals surface area contributed by atoms with Gasteiger partial charge < -0.3 is 0 Å². The van der Waals surface area contributed by atoms with E-state index < -0.39 is 15.9 Å². The van der Waals surface area contributed by atoms with Crippen molar-refractivity contribution in [1.82, 2.24) is 20.1 Å². The number of nitrogens with zero attached hydrogens (tertiary/aromatic N) is 2. The summed E-state index contributed by atoms with van der Waals surface area (Å²) in [6, 6.07) is 19.0. The molecule has 0 saturated carbocycles. The number of halogens is 1. The number of sulfonamides is 1. The SMILES string of the molecule is O=C(CN1CCN(S(=O)(=O)c2ccc3ccccc3c2)CC1)NNC(=O)c1ccc(Cl)cc1. The fraction of sp³-hybridized carbons (Fsp3) is 0.217. The third-order valence-corrected chi connectivity index (χ3v) is 7.63. The molecule has 8 nitrogen and oxygen atoms in total. The van der Waals surface area contributed by atoms with Gasteiger partial charge in [0.25, 0.3) is 11.8 Å². The van der Waals surface area contributed by atoms with Crippen molar-refractivity contribution in [2.75, 3.05) is 32.7 Å². The highest BCUT2D eigenvalue weighted by atomic mass is 35.5. The Kier molecular flexibility index (Phi) is 6.94. The highest BCUT2D eigenvalue weighted by molar-refractivity contribution is 7.89. The Labute approximate surface area is 197 Å². The number of carbonyl (C=O) groups is 2. The summed E-state index contributed by atoms with van der Waals surface area (Å²) in [6.45, 7) is 1.42. The molecule has 0 bridgehead atoms. The summed E-state index contributed by atoms with van der Waals surface area (Å²) in [5.41, 5.74) is 5.11. The summed E-state index contributed by atoms with van der Waals surface area (Å²) in [5, 5.41) is 2.36. The van der Waals surface area contributed by atoms with Crippen LogP contribution < -0.4 is 10.9 Å². The zero-order valence-corrected chi connectivity index (χ0v) is 19.3. The van der Waals surface area contributed by atoms with Crippen LogP contribution in [0.5, 0.6) is 0 Å². The molecule has 1 heterocycles. The van der Waals surface area contributed by atoms with Crippen LogP contribution in [0.2, 0.25) is 5.02 Å². The van der Waals surface area contributed by atoms with Gasteiger partial charge in [-0.15, -0.1) is 0 Å². The first kappa shape index (κ1) is 23.2. The van der Waals surface area contributed by atoms with Crippen molar-refractivity contribution in [2.24, 2.45) is 0 Å². The van der Waals surface area contributed by atoms with Gasteiger partial charge >= 0.3 is 0 Å². The van der Waals surface area contributed by atoms with Crippen molar-refractivity contribution in [3.63, 3.8) is 0 Å². The van der Waals surface area contributed by atoms with Crippen LogP contribution in [0.25, 0.3) is 10.8 Å². The first-order valence-electron chi connectivity index (χ1n) is 10.4. The summed E-state index contributed by atoms with van der Waals surface area (Å²) in [5.74, 6) is -0.838. The molecular formula is C23H23ClN4O4S. The lowest BCUT2D eigenvalue weighted by atomic mass is 10.1. The maximum Gasteiger partial charge on any atom is 0.269 e. The maximum absolute atomic E-state index is 13.1. The molecule has 3 aromatic rings. The van der Waals surface area contributed by atoms with Gasteiger partial charge in [0, 0.05) is 36.8 Å². The van der Waals surface area contributed by atoms with E-state index in [0.717, 1.165) is 10.8 Å². The predicted molar refractivity (Wildman–Crippen MR) is 126 cm³/mol. The number of hydrazine groups is 1. The zero-order chi connectivity index (χ0) is 23.4. The highest BCUT2D eigenvalue weighted by Crippen LogP contribution is 2.22.